The van der Waals surface area contributed by atoms with Crippen LogP contribution < -0.4 is 22.1 Å². The SMILES string of the molecule is NC(=O)c1ncc(N[C@@H]2CCCC[C@@H]2N)nc1Nc1cnc2scnc2c1. The van der Waals surface area contributed by atoms with E-state index in [-0.39, 0.29) is 23.6 Å². The van der Waals surface area contributed by atoms with E-state index in [0.29, 0.717) is 11.5 Å². The first-order valence-electron chi connectivity index (χ1n) is 8.75. The number of fused-ring (bicyclic) bond motifs is 1. The van der Waals surface area contributed by atoms with Crippen LogP contribution in [0.3, 0.4) is 0 Å². The van der Waals surface area contributed by atoms with Crippen molar-refractivity contribution in [1.29, 1.82) is 0 Å². The highest BCUT2D eigenvalue weighted by atomic mass is 32.1. The second-order valence-electron chi connectivity index (χ2n) is 6.54. The lowest BCUT2D eigenvalue weighted by Gasteiger charge is -2.29. The van der Waals surface area contributed by atoms with Crippen molar-refractivity contribution in [3.8, 4) is 0 Å². The standard InChI is InChI=1S/C17H20N8OS/c18-10-3-1-2-4-11(10)24-13-7-20-14(15(19)26)16(25-13)23-9-5-12-17(21-6-9)27-8-22-12/h5-8,10-11H,1-4,18H2,(H2,19,26)(H2,23,24,25)/t10-,11+/m0/s1. The van der Waals surface area contributed by atoms with Crippen molar-refractivity contribution < 1.29 is 4.79 Å². The summed E-state index contributed by atoms with van der Waals surface area (Å²) in [4.78, 5) is 29.8. The Hall–Kier alpha value is -2.85. The third-order valence-corrected chi connectivity index (χ3v) is 5.36. The largest absolute Gasteiger partial charge is 0.364 e. The van der Waals surface area contributed by atoms with Crippen LogP contribution >= 0.6 is 11.3 Å². The molecule has 0 aromatic carbocycles. The Morgan fingerprint density at radius 2 is 2.04 bits per heavy atom. The van der Waals surface area contributed by atoms with Crippen LogP contribution in [0.2, 0.25) is 0 Å². The van der Waals surface area contributed by atoms with Gasteiger partial charge in [-0.15, -0.1) is 11.3 Å². The highest BCUT2D eigenvalue weighted by Gasteiger charge is 2.23. The lowest BCUT2D eigenvalue weighted by atomic mass is 9.91. The first-order chi connectivity index (χ1) is 13.1. The number of aromatic nitrogens is 4. The topological polar surface area (TPSA) is 145 Å². The number of nitrogens with zero attached hydrogens (tertiary/aromatic N) is 4. The van der Waals surface area contributed by atoms with Crippen LogP contribution in [0.1, 0.15) is 36.2 Å². The minimum Gasteiger partial charge on any atom is -0.364 e. The van der Waals surface area contributed by atoms with Crippen LogP contribution in [-0.2, 0) is 0 Å². The molecule has 9 nitrogen and oxygen atoms in total. The molecular weight excluding hydrogens is 364 g/mol. The Morgan fingerprint density at radius 1 is 1.19 bits per heavy atom. The van der Waals surface area contributed by atoms with Gasteiger partial charge in [-0.05, 0) is 18.9 Å². The number of hydrogen-bond acceptors (Lipinski definition) is 9. The van der Waals surface area contributed by atoms with Crippen molar-refractivity contribution in [3.05, 3.63) is 29.7 Å². The van der Waals surface area contributed by atoms with Gasteiger partial charge in [-0.1, -0.05) is 12.8 Å². The predicted octanol–water partition coefficient (Wildman–Crippen LogP) is 2.01. The number of pyridine rings is 1. The van der Waals surface area contributed by atoms with Gasteiger partial charge in [0, 0.05) is 12.1 Å². The number of hydrogen-bond donors (Lipinski definition) is 4. The van der Waals surface area contributed by atoms with Gasteiger partial charge in [-0.25, -0.2) is 19.9 Å². The second kappa shape index (κ2) is 7.41. The maximum absolute atomic E-state index is 11.7. The Balaban J connectivity index is 1.61. The van der Waals surface area contributed by atoms with Crippen LogP contribution in [0.4, 0.5) is 17.3 Å². The normalized spacial score (nSPS) is 19.7. The molecule has 3 aromatic rings. The van der Waals surface area contributed by atoms with Crippen molar-refractivity contribution in [1.82, 2.24) is 19.9 Å². The zero-order chi connectivity index (χ0) is 18.8. The highest BCUT2D eigenvalue weighted by Crippen LogP contribution is 2.24. The minimum atomic E-state index is -0.659. The Morgan fingerprint density at radius 3 is 2.85 bits per heavy atom. The Bertz CT molecular complexity index is 974. The lowest BCUT2D eigenvalue weighted by Crippen LogP contribution is -2.42. The molecule has 6 N–H and O–H groups in total. The summed E-state index contributed by atoms with van der Waals surface area (Å²) in [7, 11) is 0. The summed E-state index contributed by atoms with van der Waals surface area (Å²) in [5.74, 6) is 0.161. The van der Waals surface area contributed by atoms with Gasteiger partial charge in [0.25, 0.3) is 5.91 Å². The van der Waals surface area contributed by atoms with Gasteiger partial charge >= 0.3 is 0 Å². The molecule has 2 atom stereocenters. The van der Waals surface area contributed by atoms with E-state index in [0.717, 1.165) is 36.0 Å². The Kier molecular flexibility index (Phi) is 4.82. The van der Waals surface area contributed by atoms with Gasteiger partial charge < -0.3 is 22.1 Å². The van der Waals surface area contributed by atoms with Crippen molar-refractivity contribution >= 4 is 44.9 Å². The van der Waals surface area contributed by atoms with Crippen molar-refractivity contribution in [2.45, 2.75) is 37.8 Å². The molecule has 4 rings (SSSR count). The van der Waals surface area contributed by atoms with E-state index in [4.69, 9.17) is 11.5 Å². The smallest absolute Gasteiger partial charge is 0.271 e. The molecule has 0 saturated heterocycles. The zero-order valence-electron chi connectivity index (χ0n) is 14.6. The van der Waals surface area contributed by atoms with Crippen LogP contribution in [-0.4, -0.2) is 37.9 Å². The number of nitrogens with two attached hydrogens (primary N) is 2. The number of amides is 1. The van der Waals surface area contributed by atoms with E-state index in [1.807, 2.05) is 6.07 Å². The van der Waals surface area contributed by atoms with Gasteiger partial charge in [0.2, 0.25) is 0 Å². The second-order valence-corrected chi connectivity index (χ2v) is 7.37. The first-order valence-corrected chi connectivity index (χ1v) is 9.63. The summed E-state index contributed by atoms with van der Waals surface area (Å²) in [6, 6.07) is 2.04. The van der Waals surface area contributed by atoms with Crippen LogP contribution in [0.15, 0.2) is 24.0 Å². The molecule has 1 fully saturated rings. The number of carbonyl (C=O) groups excluding carboxylic acids is 1. The maximum Gasteiger partial charge on any atom is 0.271 e. The maximum atomic E-state index is 11.7. The fraction of sp³-hybridized carbons (Fsp3) is 0.353. The van der Waals surface area contributed by atoms with Crippen LogP contribution in [0, 0.1) is 0 Å². The first kappa shape index (κ1) is 17.6. The summed E-state index contributed by atoms with van der Waals surface area (Å²) in [5.41, 5.74) is 14.9. The third-order valence-electron chi connectivity index (χ3n) is 4.61. The number of nitrogens with one attached hydrogen (secondary N) is 2. The number of carbonyl (C=O) groups is 1. The van der Waals surface area contributed by atoms with Crippen LogP contribution in [0.5, 0.6) is 0 Å². The number of anilines is 3. The quantitative estimate of drug-likeness (QED) is 0.523. The lowest BCUT2D eigenvalue weighted by molar-refractivity contribution is 0.0996. The monoisotopic (exact) mass is 384 g/mol. The van der Waals surface area contributed by atoms with E-state index in [9.17, 15) is 4.79 Å². The molecule has 140 valence electrons. The molecule has 1 aliphatic rings. The average Bonchev–Trinajstić information content (AvgIpc) is 3.11. The molecule has 0 unspecified atom stereocenters. The molecule has 0 bridgehead atoms. The van der Waals surface area contributed by atoms with Crippen LogP contribution in [0.25, 0.3) is 10.3 Å². The van der Waals surface area contributed by atoms with Crippen molar-refractivity contribution in [2.75, 3.05) is 10.6 Å². The third kappa shape index (κ3) is 3.81. The fourth-order valence-electron chi connectivity index (χ4n) is 3.22. The number of primary amides is 1. The molecular formula is C17H20N8OS. The molecule has 0 radical (unpaired) electrons. The molecule has 10 heteroatoms. The van der Waals surface area contributed by atoms with E-state index < -0.39 is 5.91 Å². The van der Waals surface area contributed by atoms with Gasteiger partial charge in [0.05, 0.1) is 23.6 Å². The van der Waals surface area contributed by atoms with Gasteiger partial charge in [-0.3, -0.25) is 4.79 Å². The molecule has 1 aliphatic carbocycles. The molecule has 1 amide bonds. The molecule has 0 aliphatic heterocycles. The number of rotatable bonds is 5. The van der Waals surface area contributed by atoms with Gasteiger partial charge in [-0.2, -0.15) is 0 Å². The minimum absolute atomic E-state index is 0.0619. The molecule has 27 heavy (non-hydrogen) atoms. The average molecular weight is 384 g/mol. The highest BCUT2D eigenvalue weighted by molar-refractivity contribution is 7.16. The molecule has 1 saturated carbocycles. The van der Waals surface area contributed by atoms with Gasteiger partial charge in [0.1, 0.15) is 16.2 Å². The molecule has 0 spiro atoms. The van der Waals surface area contributed by atoms with E-state index in [1.54, 1.807) is 11.7 Å². The van der Waals surface area contributed by atoms with Crippen molar-refractivity contribution in [3.63, 3.8) is 0 Å². The van der Waals surface area contributed by atoms with E-state index >= 15 is 0 Å². The molecule has 3 aromatic heterocycles. The van der Waals surface area contributed by atoms with Gasteiger partial charge in [0.15, 0.2) is 11.5 Å². The predicted molar refractivity (Wildman–Crippen MR) is 105 cm³/mol. The number of thiazole rings is 1. The summed E-state index contributed by atoms with van der Waals surface area (Å²) in [6.45, 7) is 0. The fourth-order valence-corrected chi connectivity index (χ4v) is 3.83. The zero-order valence-corrected chi connectivity index (χ0v) is 15.4. The van der Waals surface area contributed by atoms with E-state index in [2.05, 4.69) is 30.6 Å². The summed E-state index contributed by atoms with van der Waals surface area (Å²) < 4.78 is 0. The van der Waals surface area contributed by atoms with E-state index in [1.165, 1.54) is 17.5 Å². The summed E-state index contributed by atoms with van der Waals surface area (Å²) in [5, 5.41) is 6.41. The van der Waals surface area contributed by atoms with Crippen molar-refractivity contribution in [2.24, 2.45) is 11.5 Å². The Labute approximate surface area is 159 Å². The summed E-state index contributed by atoms with van der Waals surface area (Å²) >= 11 is 1.46. The summed E-state index contributed by atoms with van der Waals surface area (Å²) in [6.07, 6.45) is 7.40. The molecule has 3 heterocycles.